The quantitative estimate of drug-likeness (QED) is 0.777. The van der Waals surface area contributed by atoms with Crippen LogP contribution in [0.4, 0.5) is 11.5 Å². The Morgan fingerprint density at radius 1 is 1.05 bits per heavy atom. The predicted molar refractivity (Wildman–Crippen MR) is 67.9 cm³/mol. The van der Waals surface area contributed by atoms with E-state index in [4.69, 9.17) is 10.2 Å². The van der Waals surface area contributed by atoms with Crippen molar-refractivity contribution in [2.75, 3.05) is 5.32 Å². The van der Waals surface area contributed by atoms with E-state index in [0.717, 1.165) is 0 Å². The Hall–Kier alpha value is -2.89. The summed E-state index contributed by atoms with van der Waals surface area (Å²) in [7, 11) is 0. The van der Waals surface area contributed by atoms with Gasteiger partial charge in [-0.1, -0.05) is 6.07 Å². The maximum absolute atomic E-state index is 11.0. The van der Waals surface area contributed by atoms with Crippen LogP contribution < -0.4 is 5.32 Å². The summed E-state index contributed by atoms with van der Waals surface area (Å²) in [5.41, 5.74) is 0.585. The molecule has 0 saturated heterocycles. The lowest BCUT2D eigenvalue weighted by Gasteiger charge is -2.08. The van der Waals surface area contributed by atoms with Crippen molar-refractivity contribution in [3.8, 4) is 0 Å². The topological polar surface area (TPSA) is 99.5 Å². The third-order valence-electron chi connectivity index (χ3n) is 2.41. The zero-order valence-electron chi connectivity index (χ0n) is 9.70. The van der Waals surface area contributed by atoms with Gasteiger partial charge in [0.05, 0.1) is 5.56 Å². The summed E-state index contributed by atoms with van der Waals surface area (Å²) in [4.78, 5) is 25.8. The number of rotatable bonds is 4. The van der Waals surface area contributed by atoms with Crippen LogP contribution in [0.15, 0.2) is 42.6 Å². The van der Waals surface area contributed by atoms with Crippen molar-refractivity contribution in [3.05, 3.63) is 53.7 Å². The van der Waals surface area contributed by atoms with Gasteiger partial charge in [0.1, 0.15) is 11.4 Å². The van der Waals surface area contributed by atoms with Gasteiger partial charge in [0.2, 0.25) is 0 Å². The van der Waals surface area contributed by atoms with E-state index in [1.165, 1.54) is 30.5 Å². The molecule has 0 aliphatic carbocycles. The summed E-state index contributed by atoms with van der Waals surface area (Å²) in [6.07, 6.45) is 1.45. The number of aromatic nitrogens is 1. The third-order valence-corrected chi connectivity index (χ3v) is 2.41. The second kappa shape index (κ2) is 5.18. The molecular formula is C13H10N2O4. The molecule has 0 atom stereocenters. The Bertz CT molecular complexity index is 640. The van der Waals surface area contributed by atoms with Crippen LogP contribution in [0.1, 0.15) is 20.7 Å². The number of hydrogen-bond acceptors (Lipinski definition) is 4. The number of nitrogens with one attached hydrogen (secondary N) is 1. The number of carboxylic acid groups (broad SMARTS) is 2. The summed E-state index contributed by atoms with van der Waals surface area (Å²) in [6, 6.07) is 8.98. The molecule has 0 fully saturated rings. The van der Waals surface area contributed by atoms with E-state index in [-0.39, 0.29) is 16.9 Å². The Balaban J connectivity index is 2.34. The second-order valence-electron chi connectivity index (χ2n) is 3.72. The molecule has 1 aromatic heterocycles. The highest BCUT2D eigenvalue weighted by Crippen LogP contribution is 2.19. The highest BCUT2D eigenvalue weighted by Gasteiger charge is 2.11. The van der Waals surface area contributed by atoms with Crippen molar-refractivity contribution in [1.29, 1.82) is 0 Å². The van der Waals surface area contributed by atoms with Gasteiger partial charge in [-0.15, -0.1) is 0 Å². The Morgan fingerprint density at radius 2 is 1.84 bits per heavy atom. The summed E-state index contributed by atoms with van der Waals surface area (Å²) < 4.78 is 0. The zero-order chi connectivity index (χ0) is 13.8. The standard InChI is InChI=1S/C13H10N2O4/c16-12(17)8-3-1-4-9(7-8)15-11-10(13(18)19)5-2-6-14-11/h1-7H,(H,14,15)(H,16,17)(H,18,19). The second-order valence-corrected chi connectivity index (χ2v) is 3.72. The summed E-state index contributed by atoms with van der Waals surface area (Å²) in [5.74, 6) is -1.99. The van der Waals surface area contributed by atoms with E-state index in [0.29, 0.717) is 5.69 Å². The number of anilines is 2. The molecule has 0 amide bonds. The van der Waals surface area contributed by atoms with Crippen LogP contribution in [0, 0.1) is 0 Å². The van der Waals surface area contributed by atoms with Gasteiger partial charge < -0.3 is 15.5 Å². The van der Waals surface area contributed by atoms with E-state index < -0.39 is 11.9 Å². The van der Waals surface area contributed by atoms with Crippen LogP contribution in [-0.4, -0.2) is 27.1 Å². The molecule has 19 heavy (non-hydrogen) atoms. The van der Waals surface area contributed by atoms with Crippen LogP contribution in [0.3, 0.4) is 0 Å². The highest BCUT2D eigenvalue weighted by atomic mass is 16.4. The van der Waals surface area contributed by atoms with E-state index in [1.54, 1.807) is 12.1 Å². The Kier molecular flexibility index (Phi) is 3.42. The zero-order valence-corrected chi connectivity index (χ0v) is 9.70. The number of aromatic carboxylic acids is 2. The molecule has 0 saturated carbocycles. The first kappa shape index (κ1) is 12.6. The maximum Gasteiger partial charge on any atom is 0.339 e. The molecule has 0 aliphatic rings. The first-order chi connectivity index (χ1) is 9.08. The van der Waals surface area contributed by atoms with Gasteiger partial charge in [0, 0.05) is 11.9 Å². The number of pyridine rings is 1. The highest BCUT2D eigenvalue weighted by molar-refractivity contribution is 5.94. The summed E-state index contributed by atoms with van der Waals surface area (Å²) >= 11 is 0. The van der Waals surface area contributed by atoms with Crippen molar-refractivity contribution < 1.29 is 19.8 Å². The molecule has 2 rings (SSSR count). The largest absolute Gasteiger partial charge is 0.478 e. The fourth-order valence-electron chi connectivity index (χ4n) is 1.54. The monoisotopic (exact) mass is 258 g/mol. The lowest BCUT2D eigenvalue weighted by Crippen LogP contribution is -2.05. The Labute approximate surface area is 108 Å². The van der Waals surface area contributed by atoms with Crippen LogP contribution in [0.5, 0.6) is 0 Å². The lowest BCUT2D eigenvalue weighted by atomic mass is 10.2. The normalized spacial score (nSPS) is 9.89. The molecule has 1 heterocycles. The van der Waals surface area contributed by atoms with Crippen molar-refractivity contribution in [2.45, 2.75) is 0 Å². The molecule has 6 heteroatoms. The lowest BCUT2D eigenvalue weighted by molar-refractivity contribution is 0.0686. The van der Waals surface area contributed by atoms with Crippen LogP contribution >= 0.6 is 0 Å². The molecule has 0 aliphatic heterocycles. The van der Waals surface area contributed by atoms with Crippen LogP contribution in [0.25, 0.3) is 0 Å². The van der Waals surface area contributed by atoms with Crippen molar-refractivity contribution in [1.82, 2.24) is 4.98 Å². The molecule has 0 spiro atoms. The smallest absolute Gasteiger partial charge is 0.339 e. The van der Waals surface area contributed by atoms with E-state index in [1.807, 2.05) is 0 Å². The molecule has 96 valence electrons. The summed E-state index contributed by atoms with van der Waals surface area (Å²) in [6.45, 7) is 0. The first-order valence-electron chi connectivity index (χ1n) is 5.36. The molecule has 6 nitrogen and oxygen atoms in total. The molecular weight excluding hydrogens is 248 g/mol. The van der Waals surface area contributed by atoms with E-state index in [2.05, 4.69) is 10.3 Å². The fraction of sp³-hybridized carbons (Fsp3) is 0. The van der Waals surface area contributed by atoms with Gasteiger partial charge in [0.25, 0.3) is 0 Å². The molecule has 0 unspecified atom stereocenters. The Morgan fingerprint density at radius 3 is 2.53 bits per heavy atom. The average Bonchev–Trinajstić information content (AvgIpc) is 2.39. The van der Waals surface area contributed by atoms with Crippen molar-refractivity contribution >= 4 is 23.4 Å². The molecule has 1 aromatic carbocycles. The number of carboxylic acids is 2. The van der Waals surface area contributed by atoms with Gasteiger partial charge in [0.15, 0.2) is 0 Å². The van der Waals surface area contributed by atoms with Gasteiger partial charge in [-0.2, -0.15) is 0 Å². The average molecular weight is 258 g/mol. The SMILES string of the molecule is O=C(O)c1cccc(Nc2ncccc2C(=O)O)c1. The third kappa shape index (κ3) is 2.86. The first-order valence-corrected chi connectivity index (χ1v) is 5.36. The predicted octanol–water partition coefficient (Wildman–Crippen LogP) is 2.22. The van der Waals surface area contributed by atoms with Crippen molar-refractivity contribution in [2.24, 2.45) is 0 Å². The number of hydrogen-bond donors (Lipinski definition) is 3. The fourth-order valence-corrected chi connectivity index (χ4v) is 1.54. The number of carbonyl (C=O) groups is 2. The maximum atomic E-state index is 11.0. The molecule has 0 bridgehead atoms. The van der Waals surface area contributed by atoms with Gasteiger partial charge in [-0.25, -0.2) is 14.6 Å². The molecule has 3 N–H and O–H groups in total. The van der Waals surface area contributed by atoms with E-state index in [9.17, 15) is 9.59 Å². The van der Waals surface area contributed by atoms with Gasteiger partial charge >= 0.3 is 11.9 Å². The molecule has 0 radical (unpaired) electrons. The minimum Gasteiger partial charge on any atom is -0.478 e. The molecule has 2 aromatic rings. The van der Waals surface area contributed by atoms with Crippen molar-refractivity contribution in [3.63, 3.8) is 0 Å². The minimum atomic E-state index is -1.11. The minimum absolute atomic E-state index is 0.0169. The summed E-state index contributed by atoms with van der Waals surface area (Å²) in [5, 5.41) is 20.7. The van der Waals surface area contributed by atoms with Crippen LogP contribution in [0.2, 0.25) is 0 Å². The number of benzene rings is 1. The van der Waals surface area contributed by atoms with E-state index >= 15 is 0 Å². The van der Waals surface area contributed by atoms with Gasteiger partial charge in [-0.3, -0.25) is 0 Å². The van der Waals surface area contributed by atoms with Gasteiger partial charge in [-0.05, 0) is 30.3 Å². The number of nitrogens with zero attached hydrogens (tertiary/aromatic N) is 1. The van der Waals surface area contributed by atoms with Crippen LogP contribution in [-0.2, 0) is 0 Å².